The van der Waals surface area contributed by atoms with Crippen LogP contribution in [0.1, 0.15) is 39.9 Å². The van der Waals surface area contributed by atoms with Gasteiger partial charge in [-0.3, -0.25) is 4.79 Å². The summed E-state index contributed by atoms with van der Waals surface area (Å²) in [5.41, 5.74) is 6.40. The molecule has 0 aliphatic carbocycles. The van der Waals surface area contributed by atoms with Gasteiger partial charge in [-0.05, 0) is 55.3 Å². The molecule has 3 aromatic carbocycles. The Morgan fingerprint density at radius 2 is 1.75 bits per heavy atom. The molecule has 0 bridgehead atoms. The zero-order valence-corrected chi connectivity index (χ0v) is 17.7. The molecule has 1 saturated heterocycles. The average molecular weight is 425 g/mol. The Labute approximate surface area is 187 Å². The maximum atomic E-state index is 12.4. The summed E-state index contributed by atoms with van der Waals surface area (Å²) in [5, 5.41) is 13.3. The van der Waals surface area contributed by atoms with Crippen molar-refractivity contribution in [1.29, 1.82) is 5.26 Å². The molecule has 32 heavy (non-hydrogen) atoms. The van der Waals surface area contributed by atoms with E-state index in [0.29, 0.717) is 16.9 Å². The van der Waals surface area contributed by atoms with Gasteiger partial charge in [0.05, 0.1) is 17.8 Å². The third-order valence-corrected chi connectivity index (χ3v) is 5.41. The number of nitrogens with zero attached hydrogens (tertiary/aromatic N) is 3. The van der Waals surface area contributed by atoms with E-state index in [9.17, 15) is 10.1 Å². The van der Waals surface area contributed by atoms with Gasteiger partial charge in [0.1, 0.15) is 12.4 Å². The monoisotopic (exact) mass is 424 g/mol. The number of amides is 1. The molecule has 4 rings (SSSR count). The van der Waals surface area contributed by atoms with Crippen LogP contribution in [0.4, 0.5) is 5.69 Å². The molecule has 1 aliphatic heterocycles. The Bertz CT molecular complexity index is 1140. The minimum absolute atomic E-state index is 0.268. The largest absolute Gasteiger partial charge is 0.488 e. The van der Waals surface area contributed by atoms with Crippen LogP contribution in [0, 0.1) is 11.3 Å². The third-order valence-electron chi connectivity index (χ3n) is 5.41. The van der Waals surface area contributed by atoms with E-state index in [1.165, 1.54) is 12.8 Å². The van der Waals surface area contributed by atoms with Crippen LogP contribution in [0.3, 0.4) is 0 Å². The van der Waals surface area contributed by atoms with Crippen molar-refractivity contribution in [2.75, 3.05) is 18.0 Å². The third kappa shape index (κ3) is 5.13. The molecule has 3 aromatic rings. The second-order valence-electron chi connectivity index (χ2n) is 7.54. The van der Waals surface area contributed by atoms with E-state index in [-0.39, 0.29) is 12.5 Å². The highest BCUT2D eigenvalue weighted by atomic mass is 16.5. The van der Waals surface area contributed by atoms with Crippen molar-refractivity contribution in [2.45, 2.75) is 19.4 Å². The van der Waals surface area contributed by atoms with E-state index in [2.05, 4.69) is 21.5 Å². The molecule has 0 atom stereocenters. The highest BCUT2D eigenvalue weighted by Gasteiger charge is 2.13. The maximum Gasteiger partial charge on any atom is 0.271 e. The SMILES string of the molecule is N#Cc1ccccc1COc1ccccc1/C=N\NC(=O)c1ccc(N2CCCC2)cc1. The van der Waals surface area contributed by atoms with Crippen LogP contribution in [-0.4, -0.2) is 25.2 Å². The summed E-state index contributed by atoms with van der Waals surface area (Å²) in [6.45, 7) is 2.41. The van der Waals surface area contributed by atoms with Gasteiger partial charge >= 0.3 is 0 Å². The minimum atomic E-state index is -0.268. The fraction of sp³-hybridized carbons (Fsp3) is 0.192. The summed E-state index contributed by atoms with van der Waals surface area (Å²) in [6, 6.07) is 24.5. The van der Waals surface area contributed by atoms with Gasteiger partial charge in [-0.1, -0.05) is 30.3 Å². The predicted molar refractivity (Wildman–Crippen MR) is 125 cm³/mol. The number of para-hydroxylation sites is 1. The van der Waals surface area contributed by atoms with Gasteiger partial charge in [0.15, 0.2) is 0 Å². The number of carbonyl (C=O) groups excluding carboxylic acids is 1. The van der Waals surface area contributed by atoms with Gasteiger partial charge in [-0.25, -0.2) is 5.43 Å². The first-order chi connectivity index (χ1) is 15.7. The predicted octanol–water partition coefficient (Wildman–Crippen LogP) is 4.50. The van der Waals surface area contributed by atoms with E-state index in [4.69, 9.17) is 4.74 Å². The van der Waals surface area contributed by atoms with Crippen molar-refractivity contribution in [2.24, 2.45) is 5.10 Å². The lowest BCUT2D eigenvalue weighted by Gasteiger charge is -2.17. The van der Waals surface area contributed by atoms with Crippen molar-refractivity contribution in [3.8, 4) is 11.8 Å². The Balaban J connectivity index is 1.37. The molecule has 0 unspecified atom stereocenters. The second-order valence-corrected chi connectivity index (χ2v) is 7.54. The van der Waals surface area contributed by atoms with Crippen molar-refractivity contribution >= 4 is 17.8 Å². The summed E-state index contributed by atoms with van der Waals surface area (Å²) in [5.74, 6) is 0.351. The van der Waals surface area contributed by atoms with E-state index >= 15 is 0 Å². The number of nitrogens with one attached hydrogen (secondary N) is 1. The van der Waals surface area contributed by atoms with Crippen LogP contribution < -0.4 is 15.1 Å². The Hall–Kier alpha value is -4.11. The van der Waals surface area contributed by atoms with Crippen LogP contribution >= 0.6 is 0 Å². The highest BCUT2D eigenvalue weighted by Crippen LogP contribution is 2.21. The summed E-state index contributed by atoms with van der Waals surface area (Å²) in [4.78, 5) is 14.8. The van der Waals surface area contributed by atoms with Crippen molar-refractivity contribution < 1.29 is 9.53 Å². The minimum Gasteiger partial charge on any atom is -0.488 e. The number of ether oxygens (including phenoxy) is 1. The standard InChI is InChI=1S/C26H24N4O2/c27-17-21-7-1-2-9-23(21)19-32-25-10-4-3-8-22(25)18-28-29-26(31)20-11-13-24(14-12-20)30-15-5-6-16-30/h1-4,7-14,18H,5-6,15-16,19H2,(H,29,31)/b28-18-. The van der Waals surface area contributed by atoms with Crippen molar-refractivity contribution in [3.63, 3.8) is 0 Å². The molecular weight excluding hydrogens is 400 g/mol. The first kappa shape index (κ1) is 21.1. The van der Waals surface area contributed by atoms with Gasteiger partial charge in [0.25, 0.3) is 5.91 Å². The van der Waals surface area contributed by atoms with Crippen LogP contribution in [-0.2, 0) is 6.61 Å². The molecule has 1 amide bonds. The van der Waals surface area contributed by atoms with E-state index < -0.39 is 0 Å². The fourth-order valence-corrected chi connectivity index (χ4v) is 3.65. The molecule has 0 saturated carbocycles. The van der Waals surface area contributed by atoms with E-state index in [0.717, 1.165) is 29.9 Å². The van der Waals surface area contributed by atoms with Gasteiger partial charge in [-0.2, -0.15) is 10.4 Å². The molecule has 6 heteroatoms. The van der Waals surface area contributed by atoms with Crippen LogP contribution in [0.15, 0.2) is 77.9 Å². The first-order valence-electron chi connectivity index (χ1n) is 10.6. The van der Waals surface area contributed by atoms with E-state index in [1.807, 2.05) is 66.7 Å². The lowest BCUT2D eigenvalue weighted by Crippen LogP contribution is -2.19. The number of hydrogen-bond donors (Lipinski definition) is 1. The smallest absolute Gasteiger partial charge is 0.271 e. The summed E-state index contributed by atoms with van der Waals surface area (Å²) in [6.07, 6.45) is 3.99. The number of anilines is 1. The lowest BCUT2D eigenvalue weighted by atomic mass is 10.1. The molecule has 1 fully saturated rings. The van der Waals surface area contributed by atoms with Gasteiger partial charge in [0, 0.05) is 35.5 Å². The second kappa shape index (κ2) is 10.3. The highest BCUT2D eigenvalue weighted by molar-refractivity contribution is 5.95. The quantitative estimate of drug-likeness (QED) is 0.447. The number of carbonyl (C=O) groups is 1. The number of hydrogen-bond acceptors (Lipinski definition) is 5. The molecule has 0 radical (unpaired) electrons. The zero-order valence-electron chi connectivity index (χ0n) is 17.7. The Morgan fingerprint density at radius 1 is 1.03 bits per heavy atom. The normalized spacial score (nSPS) is 13.2. The summed E-state index contributed by atoms with van der Waals surface area (Å²) < 4.78 is 5.91. The van der Waals surface area contributed by atoms with Crippen LogP contribution in [0.2, 0.25) is 0 Å². The molecular formula is C26H24N4O2. The summed E-state index contributed by atoms with van der Waals surface area (Å²) >= 11 is 0. The Kier molecular flexibility index (Phi) is 6.78. The van der Waals surface area contributed by atoms with Crippen LogP contribution in [0.5, 0.6) is 5.75 Å². The zero-order chi connectivity index (χ0) is 22.2. The molecule has 6 nitrogen and oxygen atoms in total. The molecule has 1 N–H and O–H groups in total. The molecule has 1 aliphatic rings. The lowest BCUT2D eigenvalue weighted by molar-refractivity contribution is 0.0955. The van der Waals surface area contributed by atoms with Crippen LogP contribution in [0.25, 0.3) is 0 Å². The number of hydrazone groups is 1. The Morgan fingerprint density at radius 3 is 2.53 bits per heavy atom. The van der Waals surface area contributed by atoms with Gasteiger partial charge in [-0.15, -0.1) is 0 Å². The fourth-order valence-electron chi connectivity index (χ4n) is 3.65. The number of rotatable bonds is 7. The molecule has 1 heterocycles. The molecule has 160 valence electrons. The van der Waals surface area contributed by atoms with Crippen molar-refractivity contribution in [1.82, 2.24) is 5.43 Å². The number of nitriles is 1. The maximum absolute atomic E-state index is 12.4. The molecule has 0 aromatic heterocycles. The number of benzene rings is 3. The van der Waals surface area contributed by atoms with Gasteiger partial charge in [0.2, 0.25) is 0 Å². The topological polar surface area (TPSA) is 77.7 Å². The van der Waals surface area contributed by atoms with Gasteiger partial charge < -0.3 is 9.64 Å². The molecule has 0 spiro atoms. The average Bonchev–Trinajstić information content (AvgIpc) is 3.39. The first-order valence-corrected chi connectivity index (χ1v) is 10.6. The van der Waals surface area contributed by atoms with Crippen molar-refractivity contribution in [3.05, 3.63) is 95.1 Å². The van der Waals surface area contributed by atoms with E-state index in [1.54, 1.807) is 12.3 Å². The summed E-state index contributed by atoms with van der Waals surface area (Å²) in [7, 11) is 0.